The van der Waals surface area contributed by atoms with Gasteiger partial charge in [0.25, 0.3) is 0 Å². The van der Waals surface area contributed by atoms with Gasteiger partial charge in [0.05, 0.1) is 28.8 Å². The monoisotopic (exact) mass is 673 g/mol. The second-order valence-electron chi connectivity index (χ2n) is 7.43. The van der Waals surface area contributed by atoms with E-state index in [-0.39, 0.29) is 42.6 Å². The van der Waals surface area contributed by atoms with Crippen LogP contribution in [0.25, 0.3) is 0 Å². The third-order valence-electron chi connectivity index (χ3n) is 5.49. The summed E-state index contributed by atoms with van der Waals surface area (Å²) in [4.78, 5) is 0. The summed E-state index contributed by atoms with van der Waals surface area (Å²) in [6.45, 7) is 8.16. The fourth-order valence-electron chi connectivity index (χ4n) is 3.54. The first-order chi connectivity index (χ1) is 13.2. The number of hydrogen-bond acceptors (Lipinski definition) is 5. The Morgan fingerprint density at radius 3 is 1.58 bits per heavy atom. The third kappa shape index (κ3) is 22.1. The van der Waals surface area contributed by atoms with Crippen LogP contribution in [0.3, 0.4) is 0 Å². The topological polar surface area (TPSA) is 112 Å². The van der Waals surface area contributed by atoms with Gasteiger partial charge < -0.3 is 13.6 Å². The molecule has 2 fully saturated rings. The smallest absolute Gasteiger partial charge is 0.150 e. The number of rotatable bonds is 8. The molecule has 0 saturated heterocycles. The van der Waals surface area contributed by atoms with E-state index in [1.54, 1.807) is 29.9 Å². The van der Waals surface area contributed by atoms with Crippen molar-refractivity contribution in [3.63, 3.8) is 0 Å². The number of halogens is 1. The van der Waals surface area contributed by atoms with Crippen LogP contribution in [0.1, 0.15) is 66.2 Å². The quantitative estimate of drug-likeness (QED) is 0.310. The van der Waals surface area contributed by atoms with Gasteiger partial charge in [0, 0.05) is 72.3 Å². The van der Waals surface area contributed by atoms with Crippen LogP contribution in [0.5, 0.6) is 0 Å². The van der Waals surface area contributed by atoms with E-state index in [0.717, 1.165) is 49.2 Å². The molecule has 2 saturated carbocycles. The van der Waals surface area contributed by atoms with E-state index in [2.05, 4.69) is 24.0 Å². The zero-order chi connectivity index (χ0) is 22.2. The normalized spacial score (nSPS) is 24.0. The SMILES string of the molecule is CCC1CC(CS(=O)(=O)CC)C1.CCC1CC(CS(=O)CC)C1.CO.O.[CH2-]OI.[V].[V]. The summed E-state index contributed by atoms with van der Waals surface area (Å²) in [6.07, 6.45) is 7.47. The van der Waals surface area contributed by atoms with Crippen molar-refractivity contribution in [2.75, 3.05) is 30.1 Å². The van der Waals surface area contributed by atoms with Crippen LogP contribution in [0.2, 0.25) is 0 Å². The summed E-state index contributed by atoms with van der Waals surface area (Å²) >= 11 is 1.68. The third-order valence-corrected chi connectivity index (χ3v) is 8.84. The summed E-state index contributed by atoms with van der Waals surface area (Å²) in [5.74, 6) is 5.57. The number of aliphatic hydroxyl groups is 1. The molecule has 2 radical (unpaired) electrons. The van der Waals surface area contributed by atoms with Crippen LogP contribution >= 0.6 is 23.0 Å². The maximum atomic E-state index is 11.2. The van der Waals surface area contributed by atoms with Crippen LogP contribution in [-0.4, -0.2) is 53.3 Å². The Kier molecular flexibility index (Phi) is 36.7. The molecule has 0 aromatic heterocycles. The van der Waals surface area contributed by atoms with E-state index >= 15 is 0 Å². The largest absolute Gasteiger partial charge is 0.496 e. The van der Waals surface area contributed by atoms with Crippen molar-refractivity contribution in [2.45, 2.75) is 66.2 Å². The zero-order valence-corrected chi connectivity index (χ0v) is 26.3. The second kappa shape index (κ2) is 26.5. The summed E-state index contributed by atoms with van der Waals surface area (Å²) in [5.41, 5.74) is 0. The fraction of sp³-hybridized carbons (Fsp3) is 0.950. The van der Waals surface area contributed by atoms with E-state index in [4.69, 9.17) is 5.11 Å². The molecule has 2 aliphatic rings. The Bertz CT molecular complexity index is 486. The standard InChI is InChI=1S/C9H18O2S.C9H18OS.CH2IO.CH4O.H2O.2V/c1-3-8-5-9(6-8)7-12(10,11)4-2;1-3-8-5-9(6-8)7-11(10)4-2;1-3-2;1-2;;;/h8-9H,3-7H2,1-2H3;8-9H,3-7H2,1-2H3;1H2;2H,1H3;1H2;;/q;;-1;;;;. The van der Waals surface area contributed by atoms with Gasteiger partial charge in [0.15, 0.2) is 0 Å². The van der Waals surface area contributed by atoms with Gasteiger partial charge in [-0.1, -0.05) is 40.5 Å². The first-order valence-corrected chi connectivity index (χ1v) is 14.5. The van der Waals surface area contributed by atoms with Crippen LogP contribution in [-0.2, 0) is 60.8 Å². The Morgan fingerprint density at radius 2 is 1.29 bits per heavy atom. The zero-order valence-electron chi connectivity index (χ0n) is 19.8. The number of sulfone groups is 1. The van der Waals surface area contributed by atoms with Crippen molar-refractivity contribution >= 4 is 43.6 Å². The molecule has 0 spiro atoms. The van der Waals surface area contributed by atoms with Gasteiger partial charge in [-0.3, -0.25) is 4.21 Å². The number of aliphatic hydroxyl groups excluding tert-OH is 1. The van der Waals surface area contributed by atoms with Crippen molar-refractivity contribution in [2.24, 2.45) is 23.7 Å². The maximum Gasteiger partial charge on any atom is 0.150 e. The van der Waals surface area contributed by atoms with Gasteiger partial charge in [-0.05, 0) is 49.4 Å². The fourth-order valence-corrected chi connectivity index (χ4v) is 5.80. The van der Waals surface area contributed by atoms with Crippen molar-refractivity contribution in [3.05, 3.63) is 7.11 Å². The first-order valence-electron chi connectivity index (χ1n) is 10.3. The minimum Gasteiger partial charge on any atom is -0.496 e. The van der Waals surface area contributed by atoms with Crippen LogP contribution in [0.4, 0.5) is 0 Å². The van der Waals surface area contributed by atoms with Crippen molar-refractivity contribution in [1.82, 2.24) is 0 Å². The Balaban J connectivity index is -0.000000112. The van der Waals surface area contributed by atoms with Crippen LogP contribution < -0.4 is 0 Å². The van der Waals surface area contributed by atoms with Gasteiger partial charge in [-0.2, -0.15) is 0 Å². The molecule has 0 aromatic carbocycles. The molecule has 0 amide bonds. The molecular weight excluding hydrogens is 629 g/mol. The first kappa shape index (κ1) is 43.0. The molecule has 0 aliphatic heterocycles. The molecule has 0 heterocycles. The molecule has 2 rings (SSSR count). The average molecular weight is 673 g/mol. The van der Waals surface area contributed by atoms with Crippen molar-refractivity contribution < 1.29 is 63.4 Å². The second-order valence-corrected chi connectivity index (χ2v) is 12.2. The van der Waals surface area contributed by atoms with E-state index in [0.29, 0.717) is 17.4 Å². The summed E-state index contributed by atoms with van der Waals surface area (Å²) < 4.78 is 37.5. The van der Waals surface area contributed by atoms with E-state index in [1.807, 2.05) is 6.92 Å². The van der Waals surface area contributed by atoms with Crippen LogP contribution in [0.15, 0.2) is 0 Å². The van der Waals surface area contributed by atoms with E-state index < -0.39 is 20.6 Å². The minimum atomic E-state index is -2.71. The Labute approximate surface area is 232 Å². The van der Waals surface area contributed by atoms with Gasteiger partial charge >= 0.3 is 0 Å². The molecule has 1 atom stereocenters. The predicted molar refractivity (Wildman–Crippen MR) is 133 cm³/mol. The Morgan fingerprint density at radius 1 is 0.935 bits per heavy atom. The Hall–Kier alpha value is 1.88. The van der Waals surface area contributed by atoms with Gasteiger partial charge in [0.2, 0.25) is 0 Å². The molecule has 1 unspecified atom stereocenters. The molecule has 6 nitrogen and oxygen atoms in total. The molecule has 0 bridgehead atoms. The molecule has 3 N–H and O–H groups in total. The summed E-state index contributed by atoms with van der Waals surface area (Å²) in [6, 6.07) is 0. The average Bonchev–Trinajstić information content (AvgIpc) is 2.63. The van der Waals surface area contributed by atoms with Gasteiger partial charge in [-0.25, -0.2) is 15.5 Å². The van der Waals surface area contributed by atoms with Gasteiger partial charge in [-0.15, -0.1) is 0 Å². The molecule has 11 heteroatoms. The predicted octanol–water partition coefficient (Wildman–Crippen LogP) is 3.97. The molecular formula is C20H44IO6S2V2-. The molecule has 31 heavy (non-hydrogen) atoms. The van der Waals surface area contributed by atoms with Crippen LogP contribution in [0, 0.1) is 30.8 Å². The molecule has 2 aliphatic carbocycles. The summed E-state index contributed by atoms with van der Waals surface area (Å²) in [5, 5.41) is 7.00. The molecule has 190 valence electrons. The minimum absolute atomic E-state index is 0. The van der Waals surface area contributed by atoms with Gasteiger partial charge in [0.1, 0.15) is 9.84 Å². The van der Waals surface area contributed by atoms with E-state index in [9.17, 15) is 12.6 Å². The maximum absolute atomic E-state index is 11.2. The number of hydrogen-bond donors (Lipinski definition) is 1. The summed E-state index contributed by atoms with van der Waals surface area (Å²) in [7, 11) is 0.739. The van der Waals surface area contributed by atoms with E-state index in [1.165, 1.54) is 25.7 Å². The van der Waals surface area contributed by atoms with Crippen molar-refractivity contribution in [3.8, 4) is 0 Å². The van der Waals surface area contributed by atoms with Crippen molar-refractivity contribution in [1.29, 1.82) is 0 Å². The molecule has 0 aromatic rings.